The summed E-state index contributed by atoms with van der Waals surface area (Å²) in [4.78, 5) is 17.0. The standard InChI is InChI=1S/C23H22N2O5/c1-24-23(26)22(25-28-3)20-12-4-5-13-21(20)30-19-11-7-10-18(15-19)29-17-9-6-8-16(14-17)27-2/h4-15H,1-3H3,(H,24,26)/b25-22+. The molecule has 1 N–H and O–H groups in total. The van der Waals surface area contributed by atoms with Gasteiger partial charge in [0.15, 0.2) is 5.71 Å². The first-order valence-electron chi connectivity index (χ1n) is 9.17. The van der Waals surface area contributed by atoms with Gasteiger partial charge in [-0.25, -0.2) is 0 Å². The van der Waals surface area contributed by atoms with Crippen LogP contribution in [0.4, 0.5) is 0 Å². The average Bonchev–Trinajstić information content (AvgIpc) is 2.78. The van der Waals surface area contributed by atoms with Gasteiger partial charge in [-0.05, 0) is 36.4 Å². The lowest BCUT2D eigenvalue weighted by Crippen LogP contribution is -2.28. The fourth-order valence-corrected chi connectivity index (χ4v) is 2.70. The Balaban J connectivity index is 1.86. The van der Waals surface area contributed by atoms with E-state index >= 15 is 0 Å². The van der Waals surface area contributed by atoms with Gasteiger partial charge in [-0.15, -0.1) is 0 Å². The number of nitrogens with zero attached hydrogens (tertiary/aromatic N) is 1. The van der Waals surface area contributed by atoms with Gasteiger partial charge in [0, 0.05) is 19.2 Å². The molecule has 0 aliphatic rings. The van der Waals surface area contributed by atoms with Gasteiger partial charge in [0.1, 0.15) is 35.9 Å². The number of methoxy groups -OCH3 is 1. The minimum Gasteiger partial charge on any atom is -0.497 e. The van der Waals surface area contributed by atoms with Crippen LogP contribution in [-0.4, -0.2) is 32.9 Å². The van der Waals surface area contributed by atoms with E-state index in [0.717, 1.165) is 0 Å². The molecule has 0 unspecified atom stereocenters. The molecule has 0 saturated heterocycles. The largest absolute Gasteiger partial charge is 0.497 e. The number of carbonyl (C=O) groups is 1. The van der Waals surface area contributed by atoms with E-state index in [1.54, 1.807) is 43.5 Å². The number of hydrogen-bond acceptors (Lipinski definition) is 6. The van der Waals surface area contributed by atoms with Crippen LogP contribution in [0, 0.1) is 0 Å². The van der Waals surface area contributed by atoms with Crippen molar-refractivity contribution in [2.45, 2.75) is 0 Å². The Morgan fingerprint density at radius 2 is 1.40 bits per heavy atom. The Labute approximate surface area is 174 Å². The molecule has 154 valence electrons. The molecule has 3 rings (SSSR count). The summed E-state index contributed by atoms with van der Waals surface area (Å²) in [5, 5.41) is 6.39. The van der Waals surface area contributed by atoms with E-state index in [1.807, 2.05) is 36.4 Å². The van der Waals surface area contributed by atoms with E-state index in [-0.39, 0.29) is 11.6 Å². The van der Waals surface area contributed by atoms with E-state index in [9.17, 15) is 4.79 Å². The predicted octanol–water partition coefficient (Wildman–Crippen LogP) is 4.38. The smallest absolute Gasteiger partial charge is 0.273 e. The summed E-state index contributed by atoms with van der Waals surface area (Å²) in [6.45, 7) is 0. The van der Waals surface area contributed by atoms with Crippen molar-refractivity contribution in [3.63, 3.8) is 0 Å². The highest BCUT2D eigenvalue weighted by Gasteiger charge is 2.18. The number of para-hydroxylation sites is 1. The third-order valence-electron chi connectivity index (χ3n) is 4.08. The third-order valence-corrected chi connectivity index (χ3v) is 4.08. The zero-order valence-electron chi connectivity index (χ0n) is 16.9. The number of amides is 1. The van der Waals surface area contributed by atoms with E-state index < -0.39 is 0 Å². The molecule has 0 fully saturated rings. The summed E-state index contributed by atoms with van der Waals surface area (Å²) < 4.78 is 17.2. The number of likely N-dealkylation sites (N-methyl/N-ethyl adjacent to an activating group) is 1. The molecule has 0 bridgehead atoms. The van der Waals surface area contributed by atoms with E-state index in [1.165, 1.54) is 14.2 Å². The number of nitrogens with one attached hydrogen (secondary N) is 1. The fraction of sp³-hybridized carbons (Fsp3) is 0.130. The van der Waals surface area contributed by atoms with Crippen molar-refractivity contribution in [3.8, 4) is 28.7 Å². The second-order valence-corrected chi connectivity index (χ2v) is 6.06. The first kappa shape index (κ1) is 20.7. The molecule has 0 radical (unpaired) electrons. The first-order valence-corrected chi connectivity index (χ1v) is 9.17. The van der Waals surface area contributed by atoms with Gasteiger partial charge in [0.05, 0.1) is 12.7 Å². The molecule has 3 aromatic carbocycles. The van der Waals surface area contributed by atoms with Gasteiger partial charge in [-0.2, -0.15) is 0 Å². The van der Waals surface area contributed by atoms with Crippen LogP contribution in [0.1, 0.15) is 5.56 Å². The molecule has 1 amide bonds. The van der Waals surface area contributed by atoms with Crippen LogP contribution in [0.2, 0.25) is 0 Å². The van der Waals surface area contributed by atoms with Crippen LogP contribution in [0.15, 0.2) is 78.0 Å². The molecule has 7 heteroatoms. The first-order chi connectivity index (χ1) is 14.6. The minimum absolute atomic E-state index is 0.111. The zero-order valence-corrected chi connectivity index (χ0v) is 16.9. The third kappa shape index (κ3) is 5.08. The predicted molar refractivity (Wildman–Crippen MR) is 114 cm³/mol. The average molecular weight is 406 g/mol. The summed E-state index contributed by atoms with van der Waals surface area (Å²) in [5.41, 5.74) is 0.609. The highest BCUT2D eigenvalue weighted by Crippen LogP contribution is 2.31. The number of hydrogen-bond donors (Lipinski definition) is 1. The van der Waals surface area contributed by atoms with Gasteiger partial charge in [0.25, 0.3) is 5.91 Å². The van der Waals surface area contributed by atoms with Crippen molar-refractivity contribution in [1.29, 1.82) is 0 Å². The van der Waals surface area contributed by atoms with E-state index in [2.05, 4.69) is 10.5 Å². The van der Waals surface area contributed by atoms with Crippen LogP contribution < -0.4 is 19.5 Å². The number of carbonyl (C=O) groups excluding carboxylic acids is 1. The van der Waals surface area contributed by atoms with Crippen LogP contribution in [-0.2, 0) is 9.63 Å². The summed E-state index contributed by atoms with van der Waals surface area (Å²) in [6.07, 6.45) is 0. The summed E-state index contributed by atoms with van der Waals surface area (Å²) in [7, 11) is 4.51. The van der Waals surface area contributed by atoms with Crippen molar-refractivity contribution in [2.24, 2.45) is 5.16 Å². The molecule has 0 aliphatic carbocycles. The molecule has 0 spiro atoms. The van der Waals surface area contributed by atoms with Crippen molar-refractivity contribution in [3.05, 3.63) is 78.4 Å². The molecule has 0 heterocycles. The maximum atomic E-state index is 12.2. The van der Waals surface area contributed by atoms with E-state index in [4.69, 9.17) is 19.0 Å². The molecular weight excluding hydrogens is 384 g/mol. The molecule has 7 nitrogen and oxygen atoms in total. The quantitative estimate of drug-likeness (QED) is 0.444. The highest BCUT2D eigenvalue weighted by molar-refractivity contribution is 6.45. The van der Waals surface area contributed by atoms with Gasteiger partial charge >= 0.3 is 0 Å². The lowest BCUT2D eigenvalue weighted by Gasteiger charge is -2.13. The van der Waals surface area contributed by atoms with Gasteiger partial charge < -0.3 is 24.4 Å². The lowest BCUT2D eigenvalue weighted by molar-refractivity contribution is -0.114. The second-order valence-electron chi connectivity index (χ2n) is 6.06. The highest BCUT2D eigenvalue weighted by atomic mass is 16.6. The summed E-state index contributed by atoms with van der Waals surface area (Å²) in [5.74, 6) is 2.54. The van der Waals surface area contributed by atoms with Crippen molar-refractivity contribution < 1.29 is 23.8 Å². The molecule has 0 saturated carbocycles. The van der Waals surface area contributed by atoms with E-state index in [0.29, 0.717) is 34.3 Å². The maximum absolute atomic E-state index is 12.2. The van der Waals surface area contributed by atoms with Crippen LogP contribution in [0.25, 0.3) is 0 Å². The lowest BCUT2D eigenvalue weighted by atomic mass is 10.1. The maximum Gasteiger partial charge on any atom is 0.273 e. The SMILES string of the molecule is CNC(=O)/C(=N/OC)c1ccccc1Oc1cccc(Oc2cccc(OC)c2)c1. The number of rotatable bonds is 8. The molecule has 0 aromatic heterocycles. The molecule has 0 aliphatic heterocycles. The molecule has 0 atom stereocenters. The molecule has 30 heavy (non-hydrogen) atoms. The van der Waals surface area contributed by atoms with Crippen LogP contribution >= 0.6 is 0 Å². The van der Waals surface area contributed by atoms with Crippen molar-refractivity contribution in [2.75, 3.05) is 21.3 Å². The topological polar surface area (TPSA) is 78.4 Å². The van der Waals surface area contributed by atoms with Crippen molar-refractivity contribution in [1.82, 2.24) is 5.32 Å². The number of benzene rings is 3. The van der Waals surface area contributed by atoms with Crippen LogP contribution in [0.5, 0.6) is 28.7 Å². The summed E-state index contributed by atoms with van der Waals surface area (Å²) in [6, 6.07) is 21.6. The Kier molecular flexibility index (Phi) is 6.89. The Bertz CT molecular complexity index is 1050. The molecular formula is C23H22N2O5. The summed E-state index contributed by atoms with van der Waals surface area (Å²) >= 11 is 0. The van der Waals surface area contributed by atoms with Gasteiger partial charge in [-0.3, -0.25) is 4.79 Å². The molecule has 3 aromatic rings. The number of ether oxygens (including phenoxy) is 3. The second kappa shape index (κ2) is 9.97. The monoisotopic (exact) mass is 406 g/mol. The van der Waals surface area contributed by atoms with Crippen molar-refractivity contribution >= 4 is 11.6 Å². The number of oxime groups is 1. The Morgan fingerprint density at radius 3 is 2.03 bits per heavy atom. The Morgan fingerprint density at radius 1 is 0.800 bits per heavy atom. The normalized spacial score (nSPS) is 10.8. The van der Waals surface area contributed by atoms with Gasteiger partial charge in [-0.1, -0.05) is 29.4 Å². The van der Waals surface area contributed by atoms with Crippen LogP contribution in [0.3, 0.4) is 0 Å². The minimum atomic E-state index is -0.386. The fourth-order valence-electron chi connectivity index (χ4n) is 2.70. The van der Waals surface area contributed by atoms with Gasteiger partial charge in [0.2, 0.25) is 0 Å². The Hall–Kier alpha value is -4.00. The zero-order chi connectivity index (χ0) is 21.3.